The minimum Gasteiger partial charge on any atom is -0.228 e. The van der Waals surface area contributed by atoms with Crippen molar-refractivity contribution < 1.29 is 0 Å². The fraction of sp³-hybridized carbons (Fsp3) is 0. The van der Waals surface area contributed by atoms with Crippen LogP contribution in [0.15, 0.2) is 115 Å². The van der Waals surface area contributed by atoms with Gasteiger partial charge in [-0.15, -0.1) is 0 Å². The molecule has 1 heterocycles. The lowest BCUT2D eigenvalue weighted by Crippen LogP contribution is -1.96. The Morgan fingerprint density at radius 3 is 1.29 bits per heavy atom. The largest absolute Gasteiger partial charge is 0.228 e. The van der Waals surface area contributed by atoms with Crippen LogP contribution in [0.3, 0.4) is 0 Å². The van der Waals surface area contributed by atoms with E-state index in [1.165, 1.54) is 10.8 Å². The van der Waals surface area contributed by atoms with Crippen molar-refractivity contribution in [2.24, 2.45) is 0 Å². The molecule has 0 aliphatic rings. The van der Waals surface area contributed by atoms with E-state index in [4.69, 9.17) is 21.6 Å². The molecule has 0 N–H and O–H groups in total. The van der Waals surface area contributed by atoms with Crippen molar-refractivity contribution in [3.8, 4) is 22.6 Å². The first kappa shape index (κ1) is 20.1. The second kappa shape index (κ2) is 7.90. The SMILES string of the molecule is Clc1cc(-c2c3ccccc3cc3ccccc23)nc(-c2c3ccccc3cc3ccccc23)n1. The lowest BCUT2D eigenvalue weighted by molar-refractivity contribution is 1.19. The van der Waals surface area contributed by atoms with Gasteiger partial charge in [-0.25, -0.2) is 9.97 Å². The maximum atomic E-state index is 6.70. The molecule has 0 saturated heterocycles. The van der Waals surface area contributed by atoms with Crippen molar-refractivity contribution in [2.75, 3.05) is 0 Å². The Morgan fingerprint density at radius 1 is 0.429 bits per heavy atom. The van der Waals surface area contributed by atoms with E-state index in [1.54, 1.807) is 0 Å². The van der Waals surface area contributed by atoms with Gasteiger partial charge in [-0.1, -0.05) is 109 Å². The third-order valence-corrected chi connectivity index (χ3v) is 6.91. The smallest absolute Gasteiger partial charge is 0.162 e. The van der Waals surface area contributed by atoms with Crippen LogP contribution in [0.4, 0.5) is 0 Å². The van der Waals surface area contributed by atoms with E-state index in [2.05, 4.69) is 109 Å². The van der Waals surface area contributed by atoms with Gasteiger partial charge in [0.1, 0.15) is 5.15 Å². The van der Waals surface area contributed by atoms with Crippen molar-refractivity contribution >= 4 is 54.7 Å². The van der Waals surface area contributed by atoms with Gasteiger partial charge in [-0.2, -0.15) is 0 Å². The van der Waals surface area contributed by atoms with Crippen molar-refractivity contribution in [3.63, 3.8) is 0 Å². The summed E-state index contributed by atoms with van der Waals surface area (Å²) in [6, 6.07) is 40.0. The topological polar surface area (TPSA) is 25.8 Å². The molecule has 0 amide bonds. The highest BCUT2D eigenvalue weighted by Gasteiger charge is 2.17. The third-order valence-electron chi connectivity index (χ3n) is 6.72. The summed E-state index contributed by atoms with van der Waals surface area (Å²) in [5.41, 5.74) is 2.91. The Kier molecular flexibility index (Phi) is 4.54. The molecule has 2 nitrogen and oxygen atoms in total. The van der Waals surface area contributed by atoms with Crippen molar-refractivity contribution in [1.29, 1.82) is 0 Å². The zero-order valence-corrected chi connectivity index (χ0v) is 19.5. The van der Waals surface area contributed by atoms with Crippen LogP contribution < -0.4 is 0 Å². The summed E-state index contributed by atoms with van der Waals surface area (Å²) in [6.45, 7) is 0. The number of benzene rings is 6. The Morgan fingerprint density at radius 2 is 0.829 bits per heavy atom. The second-order valence-corrected chi connectivity index (χ2v) is 9.17. The van der Waals surface area contributed by atoms with Gasteiger partial charge in [-0.05, 0) is 55.2 Å². The molecular formula is C32H19ClN2. The summed E-state index contributed by atoms with van der Waals surface area (Å²) < 4.78 is 0. The van der Waals surface area contributed by atoms with Gasteiger partial charge < -0.3 is 0 Å². The van der Waals surface area contributed by atoms with E-state index >= 15 is 0 Å². The molecule has 7 rings (SSSR count). The lowest BCUT2D eigenvalue weighted by atomic mass is 9.94. The molecule has 0 fully saturated rings. The monoisotopic (exact) mass is 466 g/mol. The first-order valence-corrected chi connectivity index (χ1v) is 12.0. The summed E-state index contributed by atoms with van der Waals surface area (Å²) >= 11 is 6.70. The molecule has 0 atom stereocenters. The predicted octanol–water partition coefficient (Wildman–Crippen LogP) is 9.08. The Labute approximate surface area is 207 Å². The van der Waals surface area contributed by atoms with Crippen LogP contribution in [0.5, 0.6) is 0 Å². The highest BCUT2D eigenvalue weighted by Crippen LogP contribution is 2.39. The second-order valence-electron chi connectivity index (χ2n) is 8.79. The fourth-order valence-corrected chi connectivity index (χ4v) is 5.39. The highest BCUT2D eigenvalue weighted by molar-refractivity contribution is 6.30. The standard InChI is InChI=1S/C32H19ClN2/c33-29-19-28(30-24-13-5-1-9-20(24)17-21-10-2-6-14-25(21)30)34-32(35-29)31-26-15-7-3-11-22(26)18-23-12-4-8-16-27(23)31/h1-19H. The Hall–Kier alpha value is -4.27. The minimum absolute atomic E-state index is 0.430. The molecule has 3 heteroatoms. The Balaban J connectivity index is 1.60. The average molecular weight is 467 g/mol. The summed E-state index contributed by atoms with van der Waals surface area (Å²) in [5, 5.41) is 9.61. The van der Waals surface area contributed by atoms with Crippen LogP contribution in [-0.4, -0.2) is 9.97 Å². The number of rotatable bonds is 2. The molecule has 35 heavy (non-hydrogen) atoms. The summed E-state index contributed by atoms with van der Waals surface area (Å²) in [4.78, 5) is 9.92. The fourth-order valence-electron chi connectivity index (χ4n) is 5.20. The van der Waals surface area contributed by atoms with Gasteiger partial charge in [0.2, 0.25) is 0 Å². The Bertz CT molecular complexity index is 1680. The average Bonchev–Trinajstić information content (AvgIpc) is 2.90. The van der Waals surface area contributed by atoms with Crippen molar-refractivity contribution in [2.45, 2.75) is 0 Å². The van der Waals surface area contributed by atoms with Crippen molar-refractivity contribution in [1.82, 2.24) is 9.97 Å². The normalized spacial score (nSPS) is 11.6. The molecular weight excluding hydrogens is 448 g/mol. The molecule has 0 aliphatic heterocycles. The van der Waals surface area contributed by atoms with Gasteiger partial charge in [0.25, 0.3) is 0 Å². The zero-order valence-electron chi connectivity index (χ0n) is 18.7. The molecule has 7 aromatic rings. The lowest BCUT2D eigenvalue weighted by Gasteiger charge is -2.14. The molecule has 0 spiro atoms. The number of nitrogens with zero attached hydrogens (tertiary/aromatic N) is 2. The van der Waals surface area contributed by atoms with Gasteiger partial charge >= 0.3 is 0 Å². The summed E-state index contributed by atoms with van der Waals surface area (Å²) in [6.07, 6.45) is 0. The van der Waals surface area contributed by atoms with E-state index in [-0.39, 0.29) is 0 Å². The van der Waals surface area contributed by atoms with Gasteiger partial charge in [0, 0.05) is 17.2 Å². The van der Waals surface area contributed by atoms with Crippen molar-refractivity contribution in [3.05, 3.63) is 120 Å². The number of hydrogen-bond acceptors (Lipinski definition) is 2. The van der Waals surface area contributed by atoms with Crippen LogP contribution in [-0.2, 0) is 0 Å². The van der Waals surface area contributed by atoms with E-state index < -0.39 is 0 Å². The number of fused-ring (bicyclic) bond motifs is 4. The van der Waals surface area contributed by atoms with Gasteiger partial charge in [-0.3, -0.25) is 0 Å². The molecule has 6 aromatic carbocycles. The molecule has 164 valence electrons. The first-order valence-electron chi connectivity index (χ1n) is 11.6. The van der Waals surface area contributed by atoms with E-state index in [0.29, 0.717) is 11.0 Å². The highest BCUT2D eigenvalue weighted by atomic mass is 35.5. The van der Waals surface area contributed by atoms with Crippen LogP contribution in [0, 0.1) is 0 Å². The van der Waals surface area contributed by atoms with Crippen LogP contribution in [0.1, 0.15) is 0 Å². The molecule has 0 bridgehead atoms. The maximum Gasteiger partial charge on any atom is 0.162 e. The summed E-state index contributed by atoms with van der Waals surface area (Å²) in [5.74, 6) is 0.637. The third kappa shape index (κ3) is 3.26. The quantitative estimate of drug-likeness (QED) is 0.187. The molecule has 1 aromatic heterocycles. The van der Waals surface area contributed by atoms with E-state index in [9.17, 15) is 0 Å². The molecule has 0 saturated carbocycles. The summed E-state index contributed by atoms with van der Waals surface area (Å²) in [7, 11) is 0. The molecule has 0 unspecified atom stereocenters. The van der Waals surface area contributed by atoms with E-state index in [0.717, 1.165) is 49.1 Å². The molecule has 0 radical (unpaired) electrons. The number of aromatic nitrogens is 2. The zero-order chi connectivity index (χ0) is 23.4. The van der Waals surface area contributed by atoms with Gasteiger partial charge in [0.05, 0.1) is 5.69 Å². The number of halogens is 1. The molecule has 0 aliphatic carbocycles. The van der Waals surface area contributed by atoms with Crippen LogP contribution >= 0.6 is 11.6 Å². The minimum atomic E-state index is 0.430. The first-order chi connectivity index (χ1) is 17.3. The van der Waals surface area contributed by atoms with Gasteiger partial charge in [0.15, 0.2) is 5.82 Å². The van der Waals surface area contributed by atoms with E-state index in [1.807, 2.05) is 6.07 Å². The maximum absolute atomic E-state index is 6.70. The number of hydrogen-bond donors (Lipinski definition) is 0. The van der Waals surface area contributed by atoms with Crippen LogP contribution in [0.2, 0.25) is 5.15 Å². The van der Waals surface area contributed by atoms with Crippen LogP contribution in [0.25, 0.3) is 65.7 Å². The predicted molar refractivity (Wildman–Crippen MR) is 148 cm³/mol.